The molecule has 0 spiro atoms. The number of rotatable bonds is 5. The third kappa shape index (κ3) is 4.41. The Bertz CT molecular complexity index is 574. The molecule has 6 nitrogen and oxygen atoms in total. The van der Waals surface area contributed by atoms with Gasteiger partial charge in [-0.1, -0.05) is 0 Å². The fourth-order valence-corrected chi connectivity index (χ4v) is 7.54. The average Bonchev–Trinajstić information content (AvgIpc) is 3.28. The van der Waals surface area contributed by atoms with Gasteiger partial charge < -0.3 is 5.32 Å². The first-order valence-electron chi connectivity index (χ1n) is 10.3. The number of sulfone groups is 1. The predicted molar refractivity (Wildman–Crippen MR) is 108 cm³/mol. The molecular weight excluding hydrogens is 368 g/mol. The zero-order valence-corrected chi connectivity index (χ0v) is 17.5. The lowest BCUT2D eigenvalue weighted by Gasteiger charge is -2.43. The van der Waals surface area contributed by atoms with E-state index in [9.17, 15) is 8.42 Å². The van der Waals surface area contributed by atoms with Crippen molar-refractivity contribution in [3.63, 3.8) is 0 Å². The Morgan fingerprint density at radius 1 is 1.15 bits per heavy atom. The maximum Gasteiger partial charge on any atom is 0.150 e. The molecule has 0 aromatic rings. The number of thioether (sulfide) groups is 1. The van der Waals surface area contributed by atoms with Crippen LogP contribution in [0.2, 0.25) is 0 Å². The van der Waals surface area contributed by atoms with Crippen LogP contribution in [0.5, 0.6) is 0 Å². The van der Waals surface area contributed by atoms with Crippen molar-refractivity contribution < 1.29 is 8.42 Å². The molecule has 0 aromatic carbocycles. The van der Waals surface area contributed by atoms with Crippen LogP contribution in [-0.2, 0) is 9.84 Å². The van der Waals surface area contributed by atoms with Gasteiger partial charge in [0.05, 0.1) is 17.6 Å². The van der Waals surface area contributed by atoms with Gasteiger partial charge in [0.25, 0.3) is 0 Å². The summed E-state index contributed by atoms with van der Waals surface area (Å²) in [6.45, 7) is 3.21. The molecule has 1 saturated carbocycles. The Morgan fingerprint density at radius 2 is 1.96 bits per heavy atom. The van der Waals surface area contributed by atoms with Gasteiger partial charge in [0.1, 0.15) is 9.84 Å². The third-order valence-corrected chi connectivity index (χ3v) is 9.81. The van der Waals surface area contributed by atoms with Crippen molar-refractivity contribution in [3.05, 3.63) is 0 Å². The molecule has 8 heteroatoms. The number of hydrogen-bond acceptors (Lipinski definition) is 7. The third-order valence-electron chi connectivity index (χ3n) is 6.73. The monoisotopic (exact) mass is 402 g/mol. The van der Waals surface area contributed by atoms with Crippen molar-refractivity contribution in [2.24, 2.45) is 0 Å². The Kier molecular flexibility index (Phi) is 6.17. The lowest BCUT2D eigenvalue weighted by Crippen LogP contribution is -2.68. The highest BCUT2D eigenvalue weighted by Gasteiger charge is 2.42. The van der Waals surface area contributed by atoms with Crippen LogP contribution in [0.3, 0.4) is 0 Å². The topological polar surface area (TPSA) is 73.5 Å². The van der Waals surface area contributed by atoms with Gasteiger partial charge in [-0.05, 0) is 50.7 Å². The minimum Gasteiger partial charge on any atom is -0.308 e. The van der Waals surface area contributed by atoms with Crippen LogP contribution in [0.15, 0.2) is 0 Å². The number of nitrogens with one attached hydrogen (secondary N) is 3. The van der Waals surface area contributed by atoms with E-state index < -0.39 is 9.84 Å². The second kappa shape index (κ2) is 8.25. The quantitative estimate of drug-likeness (QED) is 0.627. The van der Waals surface area contributed by atoms with E-state index in [1.807, 2.05) is 0 Å². The molecule has 150 valence electrons. The van der Waals surface area contributed by atoms with Crippen LogP contribution in [0.1, 0.15) is 44.9 Å². The lowest BCUT2D eigenvalue weighted by atomic mass is 9.93. The SMILES string of the molecule is CS(=O)(=O)C1CCC(N2CCC3NCC(NCC4CCCS4)NC32)CC1. The van der Waals surface area contributed by atoms with Crippen molar-refractivity contribution in [2.45, 2.75) is 79.9 Å². The number of nitrogens with zero attached hydrogens (tertiary/aromatic N) is 1. The Labute approximate surface area is 162 Å². The molecule has 4 aliphatic rings. The minimum absolute atomic E-state index is 0.118. The molecule has 3 heterocycles. The molecule has 4 rings (SSSR count). The molecule has 4 fully saturated rings. The van der Waals surface area contributed by atoms with Gasteiger partial charge in [-0.2, -0.15) is 11.8 Å². The average molecular weight is 403 g/mol. The minimum atomic E-state index is -2.88. The van der Waals surface area contributed by atoms with Gasteiger partial charge in [0.2, 0.25) is 0 Å². The zero-order valence-electron chi connectivity index (χ0n) is 15.8. The van der Waals surface area contributed by atoms with Crippen molar-refractivity contribution in [1.82, 2.24) is 20.9 Å². The number of piperazine rings is 1. The van der Waals surface area contributed by atoms with Crippen LogP contribution in [0.4, 0.5) is 0 Å². The summed E-state index contributed by atoms with van der Waals surface area (Å²) in [6, 6.07) is 1.06. The van der Waals surface area contributed by atoms with Gasteiger partial charge in [0, 0.05) is 43.2 Å². The highest BCUT2D eigenvalue weighted by molar-refractivity contribution is 8.00. The van der Waals surface area contributed by atoms with Crippen LogP contribution >= 0.6 is 11.8 Å². The molecule has 0 radical (unpaired) electrons. The summed E-state index contributed by atoms with van der Waals surface area (Å²) in [6.07, 6.45) is 9.70. The number of hydrogen-bond donors (Lipinski definition) is 3. The second-order valence-corrected chi connectivity index (χ2v) is 12.2. The summed E-state index contributed by atoms with van der Waals surface area (Å²) < 4.78 is 23.6. The summed E-state index contributed by atoms with van der Waals surface area (Å²) in [4.78, 5) is 2.62. The van der Waals surface area contributed by atoms with E-state index in [-0.39, 0.29) is 5.25 Å². The van der Waals surface area contributed by atoms with E-state index in [0.29, 0.717) is 24.4 Å². The van der Waals surface area contributed by atoms with E-state index in [2.05, 4.69) is 32.6 Å². The first-order valence-corrected chi connectivity index (χ1v) is 13.3. The van der Waals surface area contributed by atoms with Gasteiger partial charge in [-0.3, -0.25) is 15.5 Å². The molecule has 26 heavy (non-hydrogen) atoms. The summed E-state index contributed by atoms with van der Waals surface area (Å²) >= 11 is 2.11. The standard InChI is InChI=1S/C18H34N4O2S2/c1-26(23,24)15-6-4-13(5-7-15)22-9-8-16-18(22)21-17(12-19-16)20-11-14-3-2-10-25-14/h13-21H,2-12H2,1H3. The normalized spacial score (nSPS) is 42.0. The molecule has 0 amide bonds. The van der Waals surface area contributed by atoms with E-state index in [1.54, 1.807) is 0 Å². The largest absolute Gasteiger partial charge is 0.308 e. The van der Waals surface area contributed by atoms with Gasteiger partial charge >= 0.3 is 0 Å². The molecule has 3 saturated heterocycles. The Morgan fingerprint density at radius 3 is 2.65 bits per heavy atom. The van der Waals surface area contributed by atoms with Crippen LogP contribution in [0, 0.1) is 0 Å². The van der Waals surface area contributed by atoms with Gasteiger partial charge in [-0.15, -0.1) is 0 Å². The van der Waals surface area contributed by atoms with Crippen molar-refractivity contribution in [2.75, 3.05) is 31.6 Å². The van der Waals surface area contributed by atoms with Crippen molar-refractivity contribution >= 4 is 21.6 Å². The first kappa shape index (κ1) is 19.5. The molecule has 0 aromatic heterocycles. The van der Waals surface area contributed by atoms with Crippen molar-refractivity contribution in [1.29, 1.82) is 0 Å². The molecule has 4 atom stereocenters. The first-order chi connectivity index (χ1) is 12.5. The van der Waals surface area contributed by atoms with Crippen molar-refractivity contribution in [3.8, 4) is 0 Å². The second-order valence-electron chi connectivity index (χ2n) is 8.51. The maximum atomic E-state index is 11.8. The molecule has 1 aliphatic carbocycles. The predicted octanol–water partition coefficient (Wildman–Crippen LogP) is 0.747. The van der Waals surface area contributed by atoms with E-state index >= 15 is 0 Å². The molecule has 3 N–H and O–H groups in total. The van der Waals surface area contributed by atoms with Gasteiger partial charge in [0.15, 0.2) is 0 Å². The van der Waals surface area contributed by atoms with E-state index in [0.717, 1.165) is 50.6 Å². The Hall–Kier alpha value is 0.140. The highest BCUT2D eigenvalue weighted by atomic mass is 32.2. The highest BCUT2D eigenvalue weighted by Crippen LogP contribution is 2.32. The molecule has 0 bridgehead atoms. The van der Waals surface area contributed by atoms with E-state index in [4.69, 9.17) is 0 Å². The number of likely N-dealkylation sites (tertiary alicyclic amines) is 1. The summed E-state index contributed by atoms with van der Waals surface area (Å²) in [5, 5.41) is 12.0. The zero-order chi connectivity index (χ0) is 18.1. The molecular formula is C18H34N4O2S2. The number of fused-ring (bicyclic) bond motifs is 1. The lowest BCUT2D eigenvalue weighted by molar-refractivity contribution is 0.0841. The summed E-state index contributed by atoms with van der Waals surface area (Å²) in [5.74, 6) is 1.32. The summed E-state index contributed by atoms with van der Waals surface area (Å²) in [7, 11) is -2.88. The van der Waals surface area contributed by atoms with Crippen LogP contribution in [0.25, 0.3) is 0 Å². The smallest absolute Gasteiger partial charge is 0.150 e. The van der Waals surface area contributed by atoms with Crippen LogP contribution in [-0.4, -0.2) is 79.9 Å². The summed E-state index contributed by atoms with van der Waals surface area (Å²) in [5.41, 5.74) is 0. The Balaban J connectivity index is 1.29. The molecule has 4 unspecified atom stereocenters. The van der Waals surface area contributed by atoms with Gasteiger partial charge in [-0.25, -0.2) is 8.42 Å². The van der Waals surface area contributed by atoms with Crippen LogP contribution < -0.4 is 16.0 Å². The maximum absolute atomic E-state index is 11.8. The molecule has 3 aliphatic heterocycles. The fraction of sp³-hybridized carbons (Fsp3) is 1.00. The van der Waals surface area contributed by atoms with E-state index in [1.165, 1.54) is 31.3 Å². The fourth-order valence-electron chi connectivity index (χ4n) is 5.20.